The van der Waals surface area contributed by atoms with Gasteiger partial charge >= 0.3 is 6.03 Å². The van der Waals surface area contributed by atoms with Crippen LogP contribution in [0.15, 0.2) is 30.3 Å². The third-order valence-corrected chi connectivity index (χ3v) is 6.23. The molecule has 1 aliphatic heterocycles. The second-order valence-electron chi connectivity index (χ2n) is 6.81. The summed E-state index contributed by atoms with van der Waals surface area (Å²) in [6, 6.07) is 10.8. The molecule has 3 rings (SSSR count). The van der Waals surface area contributed by atoms with Gasteiger partial charge in [0.2, 0.25) is 0 Å². The lowest BCUT2D eigenvalue weighted by Crippen LogP contribution is -2.49. The number of nitrogens with one attached hydrogen (secondary N) is 2. The number of hydrogen-bond donors (Lipinski definition) is 3. The van der Waals surface area contributed by atoms with Crippen LogP contribution >= 0.6 is 11.8 Å². The zero-order valence-corrected chi connectivity index (χ0v) is 14.3. The molecule has 0 radical (unpaired) electrons. The molecule has 4 nitrogen and oxygen atoms in total. The first-order chi connectivity index (χ1) is 11.1. The largest absolute Gasteiger partial charge is 0.387 e. The molecule has 3 N–H and O–H groups in total. The first-order valence-corrected chi connectivity index (χ1v) is 9.70. The van der Waals surface area contributed by atoms with Crippen LogP contribution in [0.5, 0.6) is 0 Å². The molecule has 0 spiro atoms. The summed E-state index contributed by atoms with van der Waals surface area (Å²) in [6.07, 6.45) is 5.05. The lowest BCUT2D eigenvalue weighted by Gasteiger charge is -2.30. The first-order valence-electron chi connectivity index (χ1n) is 8.54. The summed E-state index contributed by atoms with van der Waals surface area (Å²) < 4.78 is 0. The Bertz CT molecular complexity index is 509. The molecule has 0 aromatic heterocycles. The molecule has 1 aliphatic carbocycles. The molecule has 1 unspecified atom stereocenters. The van der Waals surface area contributed by atoms with Crippen molar-refractivity contribution in [2.24, 2.45) is 0 Å². The van der Waals surface area contributed by atoms with Crippen molar-refractivity contribution in [2.45, 2.75) is 49.7 Å². The molecule has 2 aliphatic rings. The van der Waals surface area contributed by atoms with Crippen molar-refractivity contribution >= 4 is 17.8 Å². The molecular formula is C18H26N2O2S. The number of urea groups is 1. The molecule has 1 saturated heterocycles. The van der Waals surface area contributed by atoms with Crippen molar-refractivity contribution in [3.63, 3.8) is 0 Å². The van der Waals surface area contributed by atoms with E-state index in [4.69, 9.17) is 0 Å². The minimum absolute atomic E-state index is 0.140. The number of thioether (sulfide) groups is 1. The lowest BCUT2D eigenvalue weighted by atomic mass is 9.82. The molecule has 126 valence electrons. The van der Waals surface area contributed by atoms with Gasteiger partial charge in [0.15, 0.2) is 0 Å². The highest BCUT2D eigenvalue weighted by Gasteiger charge is 2.32. The molecule has 1 heterocycles. The quantitative estimate of drug-likeness (QED) is 0.793. The normalized spacial score (nSPS) is 30.8. The van der Waals surface area contributed by atoms with E-state index >= 15 is 0 Å². The van der Waals surface area contributed by atoms with Crippen LogP contribution in [0.3, 0.4) is 0 Å². The van der Waals surface area contributed by atoms with Gasteiger partial charge in [0.05, 0.1) is 5.60 Å². The third kappa shape index (κ3) is 4.64. The topological polar surface area (TPSA) is 61.4 Å². The van der Waals surface area contributed by atoms with Crippen molar-refractivity contribution in [3.8, 4) is 0 Å². The smallest absolute Gasteiger partial charge is 0.315 e. The fraction of sp³-hybridized carbons (Fsp3) is 0.611. The second kappa shape index (κ2) is 7.58. The highest BCUT2D eigenvalue weighted by Crippen LogP contribution is 2.32. The average molecular weight is 334 g/mol. The van der Waals surface area contributed by atoms with E-state index in [1.165, 1.54) is 5.56 Å². The van der Waals surface area contributed by atoms with Crippen LogP contribution in [-0.4, -0.2) is 40.8 Å². The number of carbonyl (C=O) groups excluding carboxylic acids is 1. The molecule has 1 saturated carbocycles. The summed E-state index contributed by atoms with van der Waals surface area (Å²) in [5.74, 6) is 2.31. The number of benzene rings is 1. The van der Waals surface area contributed by atoms with E-state index < -0.39 is 5.60 Å². The molecule has 0 bridgehead atoms. The summed E-state index contributed by atoms with van der Waals surface area (Å²) >= 11 is 1.74. The second-order valence-corrected chi connectivity index (χ2v) is 7.92. The minimum atomic E-state index is -0.715. The Morgan fingerprint density at radius 1 is 1.22 bits per heavy atom. The summed E-state index contributed by atoms with van der Waals surface area (Å²) in [6.45, 7) is 0.352. The SMILES string of the molecule is O=C(NCC1(O)CCSC1)NC1CCC(c2ccccc2)CC1. The standard InChI is InChI=1S/C18H26N2O2S/c21-17(19-12-18(22)10-11-23-13-18)20-16-8-6-15(7-9-16)14-4-2-1-3-5-14/h1-5,15-16,22H,6-13H2,(H2,19,20,21). The van der Waals surface area contributed by atoms with Crippen molar-refractivity contribution in [1.29, 1.82) is 0 Å². The van der Waals surface area contributed by atoms with Gasteiger partial charge < -0.3 is 15.7 Å². The van der Waals surface area contributed by atoms with Gasteiger partial charge in [0.1, 0.15) is 0 Å². The summed E-state index contributed by atoms with van der Waals surface area (Å²) in [7, 11) is 0. The number of rotatable bonds is 4. The van der Waals surface area contributed by atoms with E-state index in [-0.39, 0.29) is 12.1 Å². The van der Waals surface area contributed by atoms with Gasteiger partial charge in [-0.25, -0.2) is 4.79 Å². The van der Waals surface area contributed by atoms with Crippen LogP contribution in [0.2, 0.25) is 0 Å². The summed E-state index contributed by atoms with van der Waals surface area (Å²) in [5.41, 5.74) is 0.698. The predicted octanol–water partition coefficient (Wildman–Crippen LogP) is 2.88. The van der Waals surface area contributed by atoms with Gasteiger partial charge in [-0.05, 0) is 49.3 Å². The molecule has 5 heteroatoms. The van der Waals surface area contributed by atoms with Crippen LogP contribution in [-0.2, 0) is 0 Å². The molecule has 1 atom stereocenters. The number of carbonyl (C=O) groups is 1. The zero-order valence-electron chi connectivity index (χ0n) is 13.5. The number of amides is 2. The average Bonchev–Trinajstić information content (AvgIpc) is 3.02. The van der Waals surface area contributed by atoms with Crippen LogP contribution < -0.4 is 10.6 Å². The molecule has 2 amide bonds. The van der Waals surface area contributed by atoms with Crippen molar-refractivity contribution in [2.75, 3.05) is 18.1 Å². The van der Waals surface area contributed by atoms with E-state index in [9.17, 15) is 9.90 Å². The number of aliphatic hydroxyl groups is 1. The van der Waals surface area contributed by atoms with Crippen molar-refractivity contribution in [1.82, 2.24) is 10.6 Å². The molecular weight excluding hydrogens is 308 g/mol. The van der Waals surface area contributed by atoms with Gasteiger partial charge in [-0.3, -0.25) is 0 Å². The maximum atomic E-state index is 12.0. The van der Waals surface area contributed by atoms with E-state index in [0.29, 0.717) is 12.5 Å². The maximum Gasteiger partial charge on any atom is 0.315 e. The third-order valence-electron chi connectivity index (χ3n) is 4.99. The van der Waals surface area contributed by atoms with Crippen LogP contribution in [0.25, 0.3) is 0 Å². The van der Waals surface area contributed by atoms with Gasteiger partial charge in [0, 0.05) is 18.3 Å². The Labute approximate surface area is 142 Å². The summed E-state index contributed by atoms with van der Waals surface area (Å²) in [4.78, 5) is 12.0. The van der Waals surface area contributed by atoms with Crippen LogP contribution in [0.1, 0.15) is 43.6 Å². The van der Waals surface area contributed by atoms with Gasteiger partial charge in [-0.15, -0.1) is 0 Å². The Morgan fingerprint density at radius 3 is 2.61 bits per heavy atom. The van der Waals surface area contributed by atoms with E-state index in [1.807, 2.05) is 0 Å². The number of hydrogen-bond acceptors (Lipinski definition) is 3. The highest BCUT2D eigenvalue weighted by atomic mass is 32.2. The Balaban J connectivity index is 1.39. The zero-order chi connectivity index (χ0) is 16.1. The van der Waals surface area contributed by atoms with Gasteiger partial charge in [-0.1, -0.05) is 30.3 Å². The van der Waals surface area contributed by atoms with Gasteiger partial charge in [-0.2, -0.15) is 11.8 Å². The van der Waals surface area contributed by atoms with Crippen LogP contribution in [0, 0.1) is 0 Å². The predicted molar refractivity (Wildman–Crippen MR) is 94.9 cm³/mol. The maximum absolute atomic E-state index is 12.0. The molecule has 2 fully saturated rings. The Kier molecular flexibility index (Phi) is 5.49. The van der Waals surface area contributed by atoms with Crippen LogP contribution in [0.4, 0.5) is 4.79 Å². The van der Waals surface area contributed by atoms with Crippen molar-refractivity contribution < 1.29 is 9.90 Å². The van der Waals surface area contributed by atoms with Gasteiger partial charge in [0.25, 0.3) is 0 Å². The minimum Gasteiger partial charge on any atom is -0.387 e. The first kappa shape index (κ1) is 16.7. The monoisotopic (exact) mass is 334 g/mol. The Morgan fingerprint density at radius 2 is 1.96 bits per heavy atom. The van der Waals surface area contributed by atoms with E-state index in [1.54, 1.807) is 11.8 Å². The Hall–Kier alpha value is -1.20. The molecule has 23 heavy (non-hydrogen) atoms. The highest BCUT2D eigenvalue weighted by molar-refractivity contribution is 7.99. The lowest BCUT2D eigenvalue weighted by molar-refractivity contribution is 0.0698. The fourth-order valence-corrected chi connectivity index (χ4v) is 4.81. The van der Waals surface area contributed by atoms with E-state index in [0.717, 1.165) is 43.6 Å². The summed E-state index contributed by atoms with van der Waals surface area (Å²) in [5, 5.41) is 16.1. The fourth-order valence-electron chi connectivity index (χ4n) is 3.51. The molecule has 1 aromatic rings. The van der Waals surface area contributed by atoms with E-state index in [2.05, 4.69) is 41.0 Å². The molecule has 1 aromatic carbocycles. The van der Waals surface area contributed by atoms with Crippen molar-refractivity contribution in [3.05, 3.63) is 35.9 Å².